The van der Waals surface area contributed by atoms with E-state index >= 15 is 0 Å². The monoisotopic (exact) mass is 316 g/mol. The first-order chi connectivity index (χ1) is 10.6. The van der Waals surface area contributed by atoms with Crippen LogP contribution in [0.25, 0.3) is 10.9 Å². The van der Waals surface area contributed by atoms with Gasteiger partial charge in [-0.1, -0.05) is 35.9 Å². The van der Waals surface area contributed by atoms with E-state index in [4.69, 9.17) is 17.3 Å². The first kappa shape index (κ1) is 15.1. The topological polar surface area (TPSA) is 30.9 Å². The third-order valence-corrected chi connectivity index (χ3v) is 4.37. The van der Waals surface area contributed by atoms with E-state index in [9.17, 15) is 4.39 Å². The second kappa shape index (κ2) is 6.11. The molecule has 0 saturated heterocycles. The summed E-state index contributed by atoms with van der Waals surface area (Å²) in [6, 6.07) is 12.7. The van der Waals surface area contributed by atoms with Crippen molar-refractivity contribution in [3.8, 4) is 0 Å². The Balaban J connectivity index is 2.03. The van der Waals surface area contributed by atoms with Gasteiger partial charge in [-0.25, -0.2) is 4.39 Å². The molecule has 0 aliphatic heterocycles. The fraction of sp³-hybridized carbons (Fsp3) is 0.222. The zero-order chi connectivity index (χ0) is 15.7. The molecular weight excluding hydrogens is 299 g/mol. The number of aryl methyl sites for hydroxylation is 1. The molecule has 0 aliphatic carbocycles. The fourth-order valence-corrected chi connectivity index (χ4v) is 3.13. The molecule has 2 aromatic carbocycles. The Morgan fingerprint density at radius 2 is 2.00 bits per heavy atom. The molecule has 0 radical (unpaired) electrons. The highest BCUT2D eigenvalue weighted by molar-refractivity contribution is 6.31. The minimum atomic E-state index is -0.177. The van der Waals surface area contributed by atoms with Crippen molar-refractivity contribution in [1.29, 1.82) is 0 Å². The molecule has 2 nitrogen and oxygen atoms in total. The van der Waals surface area contributed by atoms with Gasteiger partial charge in [-0.05, 0) is 42.3 Å². The lowest BCUT2D eigenvalue weighted by Crippen LogP contribution is -2.15. The smallest absolute Gasteiger partial charge is 0.126 e. The van der Waals surface area contributed by atoms with E-state index in [0.29, 0.717) is 23.6 Å². The lowest BCUT2D eigenvalue weighted by molar-refractivity contribution is 0.591. The van der Waals surface area contributed by atoms with Gasteiger partial charge in [-0.2, -0.15) is 0 Å². The maximum absolute atomic E-state index is 13.9. The molecule has 1 atom stereocenters. The zero-order valence-electron chi connectivity index (χ0n) is 12.4. The minimum absolute atomic E-state index is 0.0711. The Hall–Kier alpha value is -1.84. The van der Waals surface area contributed by atoms with E-state index in [0.717, 1.165) is 16.5 Å². The van der Waals surface area contributed by atoms with Crippen LogP contribution in [-0.4, -0.2) is 11.1 Å². The van der Waals surface area contributed by atoms with Crippen LogP contribution in [0.4, 0.5) is 4.39 Å². The minimum Gasteiger partial charge on any atom is -0.350 e. The van der Waals surface area contributed by atoms with Gasteiger partial charge >= 0.3 is 0 Å². The normalized spacial score (nSPS) is 12.7. The van der Waals surface area contributed by atoms with Crippen LogP contribution in [0.2, 0.25) is 5.02 Å². The van der Waals surface area contributed by atoms with Gasteiger partial charge in [0.1, 0.15) is 5.82 Å². The predicted octanol–water partition coefficient (Wildman–Crippen LogP) is 4.26. The summed E-state index contributed by atoms with van der Waals surface area (Å²) in [7, 11) is 1.98. The third-order valence-electron chi connectivity index (χ3n) is 4.13. The molecule has 1 unspecified atom stereocenters. The second-order valence-corrected chi connectivity index (χ2v) is 6.02. The SMILES string of the molecule is Cn1cc(C(CN)Cc2ccccc2F)c2ccc(Cl)cc21. The van der Waals surface area contributed by atoms with Crippen LogP contribution in [0.15, 0.2) is 48.7 Å². The number of nitrogens with zero attached hydrogens (tertiary/aromatic N) is 1. The molecule has 114 valence electrons. The van der Waals surface area contributed by atoms with Crippen LogP contribution in [0.5, 0.6) is 0 Å². The summed E-state index contributed by atoms with van der Waals surface area (Å²) >= 11 is 6.08. The van der Waals surface area contributed by atoms with E-state index < -0.39 is 0 Å². The van der Waals surface area contributed by atoms with Crippen molar-refractivity contribution in [2.75, 3.05) is 6.54 Å². The van der Waals surface area contributed by atoms with Gasteiger partial charge in [-0.15, -0.1) is 0 Å². The molecule has 3 rings (SSSR count). The van der Waals surface area contributed by atoms with Gasteiger partial charge in [0.25, 0.3) is 0 Å². The lowest BCUT2D eigenvalue weighted by atomic mass is 9.91. The Kier molecular flexibility index (Phi) is 4.19. The quantitative estimate of drug-likeness (QED) is 0.766. The Morgan fingerprint density at radius 3 is 2.73 bits per heavy atom. The summed E-state index contributed by atoms with van der Waals surface area (Å²) in [6.45, 7) is 0.468. The van der Waals surface area contributed by atoms with Crippen molar-refractivity contribution in [2.24, 2.45) is 12.8 Å². The van der Waals surface area contributed by atoms with Crippen molar-refractivity contribution in [3.05, 3.63) is 70.6 Å². The van der Waals surface area contributed by atoms with Gasteiger partial charge in [0.2, 0.25) is 0 Å². The largest absolute Gasteiger partial charge is 0.350 e. The number of hydrogen-bond donors (Lipinski definition) is 1. The third kappa shape index (κ3) is 2.74. The highest BCUT2D eigenvalue weighted by Crippen LogP contribution is 2.31. The summed E-state index contributed by atoms with van der Waals surface area (Å²) in [5.74, 6) is -0.106. The van der Waals surface area contributed by atoms with Gasteiger partial charge in [0.15, 0.2) is 0 Å². The number of aromatic nitrogens is 1. The van der Waals surface area contributed by atoms with Crippen LogP contribution in [0.3, 0.4) is 0 Å². The maximum atomic E-state index is 13.9. The van der Waals surface area contributed by atoms with E-state index in [1.54, 1.807) is 6.07 Å². The molecule has 2 N–H and O–H groups in total. The molecule has 0 fully saturated rings. The van der Waals surface area contributed by atoms with Crippen molar-refractivity contribution in [2.45, 2.75) is 12.3 Å². The van der Waals surface area contributed by atoms with Crippen LogP contribution in [-0.2, 0) is 13.5 Å². The number of halogens is 2. The number of hydrogen-bond acceptors (Lipinski definition) is 1. The predicted molar refractivity (Wildman–Crippen MR) is 89.8 cm³/mol. The van der Waals surface area contributed by atoms with Gasteiger partial charge in [0.05, 0.1) is 0 Å². The van der Waals surface area contributed by atoms with E-state index in [-0.39, 0.29) is 11.7 Å². The summed E-state index contributed by atoms with van der Waals surface area (Å²) in [5, 5.41) is 1.83. The number of nitrogens with two attached hydrogens (primary N) is 1. The van der Waals surface area contributed by atoms with Crippen molar-refractivity contribution in [1.82, 2.24) is 4.57 Å². The molecule has 0 aliphatic rings. The number of fused-ring (bicyclic) bond motifs is 1. The van der Waals surface area contributed by atoms with Crippen LogP contribution < -0.4 is 5.73 Å². The molecule has 22 heavy (non-hydrogen) atoms. The fourth-order valence-electron chi connectivity index (χ4n) is 2.96. The second-order valence-electron chi connectivity index (χ2n) is 5.58. The molecule has 0 spiro atoms. The average molecular weight is 317 g/mol. The van der Waals surface area contributed by atoms with E-state index in [2.05, 4.69) is 6.20 Å². The van der Waals surface area contributed by atoms with Crippen LogP contribution in [0.1, 0.15) is 17.0 Å². The Bertz CT molecular complexity index is 810. The summed E-state index contributed by atoms with van der Waals surface area (Å²) in [6.07, 6.45) is 2.66. The van der Waals surface area contributed by atoms with Crippen molar-refractivity contribution in [3.63, 3.8) is 0 Å². The van der Waals surface area contributed by atoms with E-state index in [1.165, 1.54) is 6.07 Å². The summed E-state index contributed by atoms with van der Waals surface area (Å²) in [4.78, 5) is 0. The summed E-state index contributed by atoms with van der Waals surface area (Å²) in [5.41, 5.74) is 8.88. The molecule has 0 amide bonds. The van der Waals surface area contributed by atoms with Crippen LogP contribution in [0, 0.1) is 5.82 Å². The lowest BCUT2D eigenvalue weighted by Gasteiger charge is -2.15. The van der Waals surface area contributed by atoms with E-state index in [1.807, 2.05) is 41.9 Å². The van der Waals surface area contributed by atoms with Gasteiger partial charge in [-0.3, -0.25) is 0 Å². The average Bonchev–Trinajstić information content (AvgIpc) is 2.83. The molecular formula is C18H18ClFN2. The first-order valence-corrected chi connectivity index (χ1v) is 7.66. The molecule has 1 heterocycles. The number of benzene rings is 2. The van der Waals surface area contributed by atoms with Gasteiger partial charge < -0.3 is 10.3 Å². The maximum Gasteiger partial charge on any atom is 0.126 e. The zero-order valence-corrected chi connectivity index (χ0v) is 13.1. The Labute approximate surface area is 134 Å². The summed E-state index contributed by atoms with van der Waals surface area (Å²) < 4.78 is 16.0. The molecule has 0 bridgehead atoms. The Morgan fingerprint density at radius 1 is 1.23 bits per heavy atom. The molecule has 3 aromatic rings. The molecule has 1 aromatic heterocycles. The first-order valence-electron chi connectivity index (χ1n) is 7.28. The van der Waals surface area contributed by atoms with Gasteiger partial charge in [0, 0.05) is 35.1 Å². The van der Waals surface area contributed by atoms with Crippen molar-refractivity contribution >= 4 is 22.5 Å². The molecule has 4 heteroatoms. The molecule has 0 saturated carbocycles. The standard InChI is InChI=1S/C18H18ClFN2/c1-22-11-16(15-7-6-14(19)9-18(15)22)13(10-21)8-12-4-2-3-5-17(12)20/h2-7,9,11,13H,8,10,21H2,1H3. The van der Waals surface area contributed by atoms with Crippen molar-refractivity contribution < 1.29 is 4.39 Å². The number of rotatable bonds is 4. The van der Waals surface area contributed by atoms with Crippen LogP contribution >= 0.6 is 11.6 Å². The highest BCUT2D eigenvalue weighted by atomic mass is 35.5. The highest BCUT2D eigenvalue weighted by Gasteiger charge is 2.18.